The van der Waals surface area contributed by atoms with E-state index in [1.807, 2.05) is 13.8 Å². The average molecular weight is 342 g/mol. The van der Waals surface area contributed by atoms with Gasteiger partial charge in [-0.05, 0) is 31.5 Å². The van der Waals surface area contributed by atoms with Gasteiger partial charge in [-0.3, -0.25) is 4.79 Å². The van der Waals surface area contributed by atoms with Crippen molar-refractivity contribution in [3.05, 3.63) is 53.2 Å². The van der Waals surface area contributed by atoms with Crippen molar-refractivity contribution in [2.45, 2.75) is 13.8 Å². The first kappa shape index (κ1) is 17.0. The molecule has 0 unspecified atom stereocenters. The molecule has 0 saturated carbocycles. The molecule has 0 bridgehead atoms. The fourth-order valence-corrected chi connectivity index (χ4v) is 2.74. The largest absolute Gasteiger partial charge is 0.383 e. The van der Waals surface area contributed by atoms with Gasteiger partial charge in [-0.2, -0.15) is 5.10 Å². The molecule has 0 aliphatic rings. The highest BCUT2D eigenvalue weighted by Gasteiger charge is 2.18. The van der Waals surface area contributed by atoms with Gasteiger partial charge in [0.25, 0.3) is 5.91 Å². The van der Waals surface area contributed by atoms with Crippen molar-refractivity contribution < 1.29 is 13.9 Å². The van der Waals surface area contributed by atoms with Crippen LogP contribution in [-0.2, 0) is 4.74 Å². The number of halogens is 1. The van der Waals surface area contributed by atoms with Crippen molar-refractivity contribution in [3.63, 3.8) is 0 Å². The van der Waals surface area contributed by atoms with Crippen LogP contribution in [0, 0.1) is 19.7 Å². The molecule has 0 aliphatic heterocycles. The summed E-state index contributed by atoms with van der Waals surface area (Å²) in [5.41, 5.74) is 4.20. The van der Waals surface area contributed by atoms with Crippen molar-refractivity contribution in [2.75, 3.05) is 20.3 Å². The van der Waals surface area contributed by atoms with Gasteiger partial charge in [-0.1, -0.05) is 12.1 Å². The number of benzene rings is 1. The molecular weight excluding hydrogens is 323 g/mol. The Bertz CT molecular complexity index is 919. The number of nitrogens with one attached hydrogen (secondary N) is 1. The fourth-order valence-electron chi connectivity index (χ4n) is 2.74. The van der Waals surface area contributed by atoms with Crippen molar-refractivity contribution in [1.82, 2.24) is 19.9 Å². The number of methoxy groups -OCH3 is 1. The highest BCUT2D eigenvalue weighted by Crippen LogP contribution is 2.28. The molecule has 2 heterocycles. The van der Waals surface area contributed by atoms with Crippen molar-refractivity contribution in [3.8, 4) is 11.1 Å². The zero-order chi connectivity index (χ0) is 18.0. The van der Waals surface area contributed by atoms with Crippen LogP contribution >= 0.6 is 0 Å². The fraction of sp³-hybridized carbons (Fsp3) is 0.278. The van der Waals surface area contributed by atoms with Crippen LogP contribution in [0.25, 0.3) is 16.8 Å². The van der Waals surface area contributed by atoms with E-state index >= 15 is 0 Å². The SMILES string of the molecule is COCCNC(=O)c1cnc2c(-c3ccc(F)cc3)c(C)nn2c1C. The van der Waals surface area contributed by atoms with Crippen molar-refractivity contribution in [2.24, 2.45) is 0 Å². The molecule has 0 saturated heterocycles. The summed E-state index contributed by atoms with van der Waals surface area (Å²) in [6, 6.07) is 6.20. The van der Waals surface area contributed by atoms with Gasteiger partial charge in [0, 0.05) is 25.4 Å². The summed E-state index contributed by atoms with van der Waals surface area (Å²) >= 11 is 0. The molecule has 0 aliphatic carbocycles. The number of aromatic nitrogens is 3. The summed E-state index contributed by atoms with van der Waals surface area (Å²) in [5.74, 6) is -0.516. The van der Waals surface area contributed by atoms with E-state index in [4.69, 9.17) is 4.74 Å². The first-order valence-electron chi connectivity index (χ1n) is 7.91. The third-order valence-electron chi connectivity index (χ3n) is 4.03. The number of hydrogen-bond acceptors (Lipinski definition) is 4. The van der Waals surface area contributed by atoms with Crippen LogP contribution in [0.15, 0.2) is 30.5 Å². The predicted octanol–water partition coefficient (Wildman–Crippen LogP) is 2.53. The van der Waals surface area contributed by atoms with Gasteiger partial charge in [-0.25, -0.2) is 13.9 Å². The molecular formula is C18H19FN4O2. The van der Waals surface area contributed by atoms with Crippen LogP contribution in [0.3, 0.4) is 0 Å². The summed E-state index contributed by atoms with van der Waals surface area (Å²) < 4.78 is 19.8. The van der Waals surface area contributed by atoms with E-state index in [1.54, 1.807) is 30.0 Å². The molecule has 130 valence electrons. The Morgan fingerprint density at radius 3 is 2.68 bits per heavy atom. The number of hydrogen-bond donors (Lipinski definition) is 1. The van der Waals surface area contributed by atoms with E-state index in [1.165, 1.54) is 12.1 Å². The summed E-state index contributed by atoms with van der Waals surface area (Å²) in [5, 5.41) is 7.28. The lowest BCUT2D eigenvalue weighted by atomic mass is 10.1. The zero-order valence-corrected chi connectivity index (χ0v) is 14.3. The molecule has 7 heteroatoms. The smallest absolute Gasteiger partial charge is 0.254 e. The molecule has 1 aromatic carbocycles. The van der Waals surface area contributed by atoms with Gasteiger partial charge < -0.3 is 10.1 Å². The minimum Gasteiger partial charge on any atom is -0.383 e. The number of aryl methyl sites for hydroxylation is 2. The Labute approximate surface area is 144 Å². The van der Waals surface area contributed by atoms with Crippen LogP contribution in [0.1, 0.15) is 21.7 Å². The zero-order valence-electron chi connectivity index (χ0n) is 14.3. The summed E-state index contributed by atoms with van der Waals surface area (Å²) in [6.07, 6.45) is 1.54. The molecule has 0 radical (unpaired) electrons. The maximum Gasteiger partial charge on any atom is 0.254 e. The van der Waals surface area contributed by atoms with Crippen LogP contribution in [0.4, 0.5) is 4.39 Å². The number of ether oxygens (including phenoxy) is 1. The van der Waals surface area contributed by atoms with Gasteiger partial charge in [0.15, 0.2) is 5.65 Å². The Hall–Kier alpha value is -2.80. The lowest BCUT2D eigenvalue weighted by molar-refractivity contribution is 0.0935. The van der Waals surface area contributed by atoms with E-state index in [0.29, 0.717) is 30.1 Å². The monoisotopic (exact) mass is 342 g/mol. The molecule has 6 nitrogen and oxygen atoms in total. The number of amides is 1. The highest BCUT2D eigenvalue weighted by molar-refractivity contribution is 5.95. The summed E-state index contributed by atoms with van der Waals surface area (Å²) in [6.45, 7) is 4.55. The van der Waals surface area contributed by atoms with Crippen molar-refractivity contribution >= 4 is 11.6 Å². The summed E-state index contributed by atoms with van der Waals surface area (Å²) in [7, 11) is 1.58. The minimum absolute atomic E-state index is 0.222. The van der Waals surface area contributed by atoms with Gasteiger partial charge in [0.2, 0.25) is 0 Å². The Morgan fingerprint density at radius 1 is 1.28 bits per heavy atom. The molecule has 3 rings (SSSR count). The van der Waals surface area contributed by atoms with E-state index in [2.05, 4.69) is 15.4 Å². The maximum atomic E-state index is 13.2. The second-order valence-electron chi connectivity index (χ2n) is 5.71. The topological polar surface area (TPSA) is 68.5 Å². The summed E-state index contributed by atoms with van der Waals surface area (Å²) in [4.78, 5) is 16.7. The van der Waals surface area contributed by atoms with Gasteiger partial charge in [0.1, 0.15) is 5.82 Å². The lowest BCUT2D eigenvalue weighted by Gasteiger charge is -2.08. The van der Waals surface area contributed by atoms with Crippen molar-refractivity contribution in [1.29, 1.82) is 0 Å². The molecule has 0 spiro atoms. The first-order valence-corrected chi connectivity index (χ1v) is 7.91. The molecule has 3 aromatic rings. The van der Waals surface area contributed by atoms with E-state index in [9.17, 15) is 9.18 Å². The lowest BCUT2D eigenvalue weighted by Crippen LogP contribution is -2.28. The van der Waals surface area contributed by atoms with Gasteiger partial charge in [-0.15, -0.1) is 0 Å². The Balaban J connectivity index is 2.03. The average Bonchev–Trinajstić information content (AvgIpc) is 2.93. The molecule has 0 atom stereocenters. The quantitative estimate of drug-likeness (QED) is 0.724. The van der Waals surface area contributed by atoms with Crippen LogP contribution < -0.4 is 5.32 Å². The molecule has 0 fully saturated rings. The molecule has 1 amide bonds. The van der Waals surface area contributed by atoms with E-state index in [0.717, 1.165) is 16.8 Å². The number of carbonyl (C=O) groups is 1. The number of rotatable bonds is 5. The van der Waals surface area contributed by atoms with Crippen LogP contribution in [0.2, 0.25) is 0 Å². The van der Waals surface area contributed by atoms with Gasteiger partial charge >= 0.3 is 0 Å². The Kier molecular flexibility index (Phi) is 4.76. The first-order chi connectivity index (χ1) is 12.0. The second kappa shape index (κ2) is 6.98. The molecule has 1 N–H and O–H groups in total. The third kappa shape index (κ3) is 3.23. The Morgan fingerprint density at radius 2 is 2.00 bits per heavy atom. The number of nitrogens with zero attached hydrogens (tertiary/aromatic N) is 3. The minimum atomic E-state index is -0.294. The predicted molar refractivity (Wildman–Crippen MR) is 92.1 cm³/mol. The van der Waals surface area contributed by atoms with Crippen LogP contribution in [0.5, 0.6) is 0 Å². The second-order valence-corrected chi connectivity index (χ2v) is 5.71. The molecule has 25 heavy (non-hydrogen) atoms. The van der Waals surface area contributed by atoms with E-state index in [-0.39, 0.29) is 11.7 Å². The normalized spacial score (nSPS) is 11.0. The third-order valence-corrected chi connectivity index (χ3v) is 4.03. The van der Waals surface area contributed by atoms with Gasteiger partial charge in [0.05, 0.1) is 23.6 Å². The number of carbonyl (C=O) groups excluding carboxylic acids is 1. The van der Waals surface area contributed by atoms with E-state index < -0.39 is 0 Å². The maximum absolute atomic E-state index is 13.2. The number of fused-ring (bicyclic) bond motifs is 1. The standard InChI is InChI=1S/C18H19FN4O2/c1-11-16(13-4-6-14(19)7-5-13)17-21-10-15(12(2)23(17)22-11)18(24)20-8-9-25-3/h4-7,10H,8-9H2,1-3H3,(H,20,24). The highest BCUT2D eigenvalue weighted by atomic mass is 19.1. The van der Waals surface area contributed by atoms with Crippen LogP contribution in [-0.4, -0.2) is 40.8 Å². The molecule has 2 aromatic heterocycles.